The van der Waals surface area contributed by atoms with E-state index in [2.05, 4.69) is 9.71 Å². The average molecular weight is 370 g/mol. The van der Waals surface area contributed by atoms with Crippen molar-refractivity contribution in [1.82, 2.24) is 5.32 Å². The summed E-state index contributed by atoms with van der Waals surface area (Å²) in [5, 5.41) is 2.69. The number of benzene rings is 1. The molecule has 0 bridgehead atoms. The number of halogens is 1. The molecule has 5 nitrogen and oxygen atoms in total. The Morgan fingerprint density at radius 1 is 1.16 bits per heavy atom. The smallest absolute Gasteiger partial charge is 0.408 e. The highest BCUT2D eigenvalue weighted by Crippen LogP contribution is 2.16. The SMILES string of the molecule is C[C@H](NC(=O)OC(C)(C)C)/C(=N/[S@](=O)C(C)(C)C)c1ccc(F)cc1. The van der Waals surface area contributed by atoms with Gasteiger partial charge in [0.1, 0.15) is 22.4 Å². The van der Waals surface area contributed by atoms with Crippen LogP contribution in [0.25, 0.3) is 0 Å². The lowest BCUT2D eigenvalue weighted by Crippen LogP contribution is -2.42. The summed E-state index contributed by atoms with van der Waals surface area (Å²) in [4.78, 5) is 12.0. The standard InChI is InChI=1S/C18H27FN2O3S/c1-12(20-16(22)24-17(2,3)4)15(21-25(23)18(5,6)7)13-8-10-14(19)11-9-13/h8-12H,1-7H3,(H,20,22)/b21-15-/t12-,25+/m0/s1. The number of nitrogens with one attached hydrogen (secondary N) is 1. The van der Waals surface area contributed by atoms with Crippen LogP contribution in [0, 0.1) is 5.82 Å². The second-order valence-corrected chi connectivity index (χ2v) is 9.62. The van der Waals surface area contributed by atoms with E-state index in [9.17, 15) is 13.4 Å². The fraction of sp³-hybridized carbons (Fsp3) is 0.556. The fourth-order valence-electron chi connectivity index (χ4n) is 1.78. The summed E-state index contributed by atoms with van der Waals surface area (Å²) in [6.45, 7) is 12.4. The highest BCUT2D eigenvalue weighted by Gasteiger charge is 2.24. The fourth-order valence-corrected chi connectivity index (χ4v) is 2.50. The lowest BCUT2D eigenvalue weighted by atomic mass is 10.0. The number of ether oxygens (including phenoxy) is 1. The molecule has 0 aromatic heterocycles. The predicted octanol–water partition coefficient (Wildman–Crippen LogP) is 3.99. The van der Waals surface area contributed by atoms with E-state index in [0.717, 1.165) is 0 Å². The maximum atomic E-state index is 13.2. The van der Waals surface area contributed by atoms with Crippen molar-refractivity contribution >= 4 is 22.8 Å². The molecule has 1 aromatic rings. The topological polar surface area (TPSA) is 67.8 Å². The minimum Gasteiger partial charge on any atom is -0.444 e. The lowest BCUT2D eigenvalue weighted by molar-refractivity contribution is 0.0521. The third kappa shape index (κ3) is 7.34. The number of nitrogens with zero attached hydrogens (tertiary/aromatic N) is 1. The molecule has 0 aliphatic heterocycles. The van der Waals surface area contributed by atoms with Crippen molar-refractivity contribution in [2.45, 2.75) is 64.9 Å². The van der Waals surface area contributed by atoms with Crippen LogP contribution in [0.4, 0.5) is 9.18 Å². The summed E-state index contributed by atoms with van der Waals surface area (Å²) in [6.07, 6.45) is -0.601. The van der Waals surface area contributed by atoms with Crippen LogP contribution < -0.4 is 5.32 Å². The number of carbonyl (C=O) groups is 1. The zero-order valence-electron chi connectivity index (χ0n) is 15.8. The first kappa shape index (κ1) is 21.3. The van der Waals surface area contributed by atoms with Crippen LogP contribution in [0.15, 0.2) is 28.7 Å². The minimum atomic E-state index is -1.53. The number of carbonyl (C=O) groups excluding carboxylic acids is 1. The zero-order valence-corrected chi connectivity index (χ0v) is 16.7. The maximum absolute atomic E-state index is 13.2. The number of amides is 1. The van der Waals surface area contributed by atoms with Crippen LogP contribution in [-0.4, -0.2) is 32.4 Å². The van der Waals surface area contributed by atoms with Gasteiger partial charge in [0.15, 0.2) is 0 Å². The highest BCUT2D eigenvalue weighted by atomic mass is 32.2. The van der Waals surface area contributed by atoms with Gasteiger partial charge in [-0.05, 0) is 66.2 Å². The van der Waals surface area contributed by atoms with E-state index >= 15 is 0 Å². The van der Waals surface area contributed by atoms with Gasteiger partial charge in [0.25, 0.3) is 0 Å². The molecule has 1 aromatic carbocycles. The van der Waals surface area contributed by atoms with Gasteiger partial charge in [-0.25, -0.2) is 13.4 Å². The molecule has 0 aliphatic rings. The van der Waals surface area contributed by atoms with Crippen molar-refractivity contribution in [1.29, 1.82) is 0 Å². The largest absolute Gasteiger partial charge is 0.444 e. The number of hydrogen-bond acceptors (Lipinski definition) is 3. The van der Waals surface area contributed by atoms with Gasteiger partial charge < -0.3 is 10.1 Å². The molecule has 25 heavy (non-hydrogen) atoms. The summed E-state index contributed by atoms with van der Waals surface area (Å²) < 4.78 is 34.6. The molecule has 140 valence electrons. The Bertz CT molecular complexity index is 658. The molecule has 0 heterocycles. The Kier molecular flexibility index (Phi) is 6.88. The molecule has 0 unspecified atom stereocenters. The van der Waals surface area contributed by atoms with Crippen molar-refractivity contribution in [3.05, 3.63) is 35.6 Å². The lowest BCUT2D eigenvalue weighted by Gasteiger charge is -2.23. The first-order chi connectivity index (χ1) is 11.3. The van der Waals surface area contributed by atoms with Gasteiger partial charge in [0.05, 0.1) is 16.5 Å². The highest BCUT2D eigenvalue weighted by molar-refractivity contribution is 7.85. The summed E-state index contributed by atoms with van der Waals surface area (Å²) >= 11 is 0. The molecule has 1 N–H and O–H groups in total. The average Bonchev–Trinajstić information content (AvgIpc) is 2.42. The molecule has 0 spiro atoms. The summed E-state index contributed by atoms with van der Waals surface area (Å²) in [5.74, 6) is -0.382. The molecule has 0 radical (unpaired) electrons. The van der Waals surface area contributed by atoms with Crippen LogP contribution in [0.3, 0.4) is 0 Å². The van der Waals surface area contributed by atoms with E-state index in [1.165, 1.54) is 12.1 Å². The molecule has 0 saturated carbocycles. The molecule has 1 rings (SSSR count). The van der Waals surface area contributed by atoms with Gasteiger partial charge in [-0.1, -0.05) is 12.1 Å². The molecule has 2 atom stereocenters. The van der Waals surface area contributed by atoms with E-state index in [-0.39, 0.29) is 5.82 Å². The van der Waals surface area contributed by atoms with E-state index in [1.54, 1.807) is 60.6 Å². The predicted molar refractivity (Wildman–Crippen MR) is 99.7 cm³/mol. The van der Waals surface area contributed by atoms with Gasteiger partial charge >= 0.3 is 6.09 Å². The number of hydrogen-bond donors (Lipinski definition) is 1. The third-order valence-electron chi connectivity index (χ3n) is 2.99. The van der Waals surface area contributed by atoms with Crippen molar-refractivity contribution in [2.75, 3.05) is 0 Å². The Hall–Kier alpha value is -1.76. The molecular formula is C18H27FN2O3S. The molecule has 0 fully saturated rings. The molecule has 7 heteroatoms. The summed E-state index contributed by atoms with van der Waals surface area (Å²) in [5.41, 5.74) is 0.354. The normalized spacial score (nSPS) is 15.4. The Balaban J connectivity index is 3.14. The van der Waals surface area contributed by atoms with Crippen molar-refractivity contribution < 1.29 is 18.1 Å². The summed E-state index contributed by atoms with van der Waals surface area (Å²) in [6, 6.07) is 5.12. The van der Waals surface area contributed by atoms with Gasteiger partial charge in [0, 0.05) is 0 Å². The monoisotopic (exact) mass is 370 g/mol. The quantitative estimate of drug-likeness (QED) is 0.815. The van der Waals surface area contributed by atoms with Crippen LogP contribution in [0.1, 0.15) is 54.0 Å². The van der Waals surface area contributed by atoms with Gasteiger partial charge in [-0.15, -0.1) is 0 Å². The van der Waals surface area contributed by atoms with Crippen molar-refractivity contribution in [3.63, 3.8) is 0 Å². The Morgan fingerprint density at radius 2 is 1.68 bits per heavy atom. The van der Waals surface area contributed by atoms with Gasteiger partial charge in [-0.2, -0.15) is 4.40 Å². The van der Waals surface area contributed by atoms with Crippen LogP contribution in [0.5, 0.6) is 0 Å². The van der Waals surface area contributed by atoms with Crippen molar-refractivity contribution in [3.8, 4) is 0 Å². The Labute approximate surface area is 151 Å². The molecule has 0 saturated heterocycles. The maximum Gasteiger partial charge on any atom is 0.408 e. The van der Waals surface area contributed by atoms with Gasteiger partial charge in [-0.3, -0.25) is 0 Å². The molecule has 0 aliphatic carbocycles. The Morgan fingerprint density at radius 3 is 2.12 bits per heavy atom. The van der Waals surface area contributed by atoms with E-state index < -0.39 is 33.5 Å². The van der Waals surface area contributed by atoms with Crippen LogP contribution >= 0.6 is 0 Å². The van der Waals surface area contributed by atoms with E-state index in [4.69, 9.17) is 4.74 Å². The summed E-state index contributed by atoms with van der Waals surface area (Å²) in [7, 11) is -1.53. The third-order valence-corrected chi connectivity index (χ3v) is 4.40. The van der Waals surface area contributed by atoms with Crippen molar-refractivity contribution in [2.24, 2.45) is 4.40 Å². The van der Waals surface area contributed by atoms with Crippen LogP contribution in [0.2, 0.25) is 0 Å². The molecular weight excluding hydrogens is 343 g/mol. The van der Waals surface area contributed by atoms with Crippen LogP contribution in [-0.2, 0) is 15.7 Å². The number of rotatable bonds is 4. The van der Waals surface area contributed by atoms with Gasteiger partial charge in [0.2, 0.25) is 0 Å². The second-order valence-electron chi connectivity index (χ2n) is 7.71. The van der Waals surface area contributed by atoms with E-state index in [0.29, 0.717) is 11.3 Å². The molecule has 1 amide bonds. The first-order valence-electron chi connectivity index (χ1n) is 8.05. The second kappa shape index (κ2) is 8.08. The number of alkyl carbamates (subject to hydrolysis) is 1. The minimum absolute atomic E-state index is 0.382. The first-order valence-corrected chi connectivity index (χ1v) is 9.16. The zero-order chi connectivity index (χ0) is 19.4. The van der Waals surface area contributed by atoms with E-state index in [1.807, 2.05) is 0 Å².